The molecule has 0 bridgehead atoms. The molecule has 1 aliphatic rings. The first-order valence-corrected chi connectivity index (χ1v) is 8.31. The SMILES string of the molecule is Cc1cc(C(=O)N(C)C2CCNCC2)c2cnn(C(C)C)c2n1. The summed E-state index contributed by atoms with van der Waals surface area (Å²) in [6.45, 7) is 8.01. The minimum atomic E-state index is 0.0655. The van der Waals surface area contributed by atoms with Crippen molar-refractivity contribution < 1.29 is 4.79 Å². The topological polar surface area (TPSA) is 63.1 Å². The van der Waals surface area contributed by atoms with Crippen molar-refractivity contribution >= 4 is 16.9 Å². The molecule has 3 heterocycles. The Morgan fingerprint density at radius 3 is 2.74 bits per heavy atom. The Balaban J connectivity index is 1.99. The minimum Gasteiger partial charge on any atom is -0.339 e. The molecule has 0 radical (unpaired) electrons. The number of amides is 1. The Bertz CT molecular complexity index is 715. The molecule has 1 fully saturated rings. The van der Waals surface area contributed by atoms with E-state index in [0.717, 1.165) is 42.7 Å². The molecule has 2 aromatic heterocycles. The molecule has 0 aromatic carbocycles. The van der Waals surface area contributed by atoms with Crippen molar-refractivity contribution in [2.45, 2.75) is 45.7 Å². The first-order chi connectivity index (χ1) is 11.0. The minimum absolute atomic E-state index is 0.0655. The Morgan fingerprint density at radius 1 is 1.39 bits per heavy atom. The van der Waals surface area contributed by atoms with Gasteiger partial charge in [0.25, 0.3) is 5.91 Å². The van der Waals surface area contributed by atoms with Crippen LogP contribution in [0.15, 0.2) is 12.3 Å². The van der Waals surface area contributed by atoms with E-state index < -0.39 is 0 Å². The number of piperidine rings is 1. The Kier molecular flexibility index (Phi) is 4.35. The van der Waals surface area contributed by atoms with E-state index in [4.69, 9.17) is 0 Å². The number of aromatic nitrogens is 3. The second kappa shape index (κ2) is 6.28. The van der Waals surface area contributed by atoms with E-state index in [0.29, 0.717) is 11.6 Å². The highest BCUT2D eigenvalue weighted by atomic mass is 16.2. The predicted octanol–water partition coefficient (Wildman–Crippen LogP) is 2.14. The van der Waals surface area contributed by atoms with E-state index in [-0.39, 0.29) is 11.9 Å². The first kappa shape index (κ1) is 15.9. The van der Waals surface area contributed by atoms with E-state index in [1.807, 2.05) is 29.6 Å². The zero-order valence-electron chi connectivity index (χ0n) is 14.3. The van der Waals surface area contributed by atoms with Gasteiger partial charge >= 0.3 is 0 Å². The Morgan fingerprint density at radius 2 is 2.09 bits per heavy atom. The van der Waals surface area contributed by atoms with Gasteiger partial charge in [-0.3, -0.25) is 4.79 Å². The number of carbonyl (C=O) groups excluding carboxylic acids is 1. The largest absolute Gasteiger partial charge is 0.339 e. The highest BCUT2D eigenvalue weighted by molar-refractivity contribution is 6.05. The van der Waals surface area contributed by atoms with Gasteiger partial charge in [0.05, 0.1) is 17.1 Å². The molecule has 0 aliphatic carbocycles. The van der Waals surface area contributed by atoms with Gasteiger partial charge in [-0.25, -0.2) is 9.67 Å². The van der Waals surface area contributed by atoms with Crippen molar-refractivity contribution in [3.8, 4) is 0 Å². The summed E-state index contributed by atoms with van der Waals surface area (Å²) in [5.74, 6) is 0.0655. The number of nitrogens with one attached hydrogen (secondary N) is 1. The van der Waals surface area contributed by atoms with Crippen LogP contribution in [0.5, 0.6) is 0 Å². The molecule has 1 saturated heterocycles. The van der Waals surface area contributed by atoms with Crippen molar-refractivity contribution in [3.63, 3.8) is 0 Å². The highest BCUT2D eigenvalue weighted by Gasteiger charge is 2.25. The molecular formula is C17H25N5O. The number of carbonyl (C=O) groups is 1. The lowest BCUT2D eigenvalue weighted by atomic mass is 10.0. The van der Waals surface area contributed by atoms with E-state index in [1.54, 1.807) is 6.20 Å². The third kappa shape index (κ3) is 2.95. The average Bonchev–Trinajstić information content (AvgIpc) is 2.97. The van der Waals surface area contributed by atoms with Crippen LogP contribution < -0.4 is 5.32 Å². The van der Waals surface area contributed by atoms with Crippen molar-refractivity contribution in [2.75, 3.05) is 20.1 Å². The number of nitrogens with zero attached hydrogens (tertiary/aromatic N) is 4. The lowest BCUT2D eigenvalue weighted by Gasteiger charge is -2.31. The fourth-order valence-corrected chi connectivity index (χ4v) is 3.25. The molecule has 124 valence electrons. The van der Waals surface area contributed by atoms with Crippen molar-refractivity contribution in [1.82, 2.24) is 25.0 Å². The summed E-state index contributed by atoms with van der Waals surface area (Å²) >= 11 is 0. The third-order valence-electron chi connectivity index (χ3n) is 4.59. The van der Waals surface area contributed by atoms with Gasteiger partial charge in [0.1, 0.15) is 0 Å². The Hall–Kier alpha value is -1.95. The molecule has 2 aromatic rings. The van der Waals surface area contributed by atoms with Gasteiger partial charge < -0.3 is 10.2 Å². The van der Waals surface area contributed by atoms with Crippen LogP contribution in [0.4, 0.5) is 0 Å². The summed E-state index contributed by atoms with van der Waals surface area (Å²) < 4.78 is 1.88. The van der Waals surface area contributed by atoms with Crippen molar-refractivity contribution in [2.24, 2.45) is 0 Å². The van der Waals surface area contributed by atoms with Gasteiger partial charge in [-0.2, -0.15) is 5.10 Å². The molecule has 6 heteroatoms. The van der Waals surface area contributed by atoms with Gasteiger partial charge in [-0.05, 0) is 52.8 Å². The molecule has 1 amide bonds. The smallest absolute Gasteiger partial charge is 0.254 e. The fraction of sp³-hybridized carbons (Fsp3) is 0.588. The van der Waals surface area contributed by atoms with Gasteiger partial charge in [-0.1, -0.05) is 0 Å². The Labute approximate surface area is 136 Å². The molecule has 1 N–H and O–H groups in total. The molecule has 3 rings (SSSR count). The second-order valence-corrected chi connectivity index (χ2v) is 6.63. The number of aryl methyl sites for hydroxylation is 1. The lowest BCUT2D eigenvalue weighted by Crippen LogP contribution is -2.44. The summed E-state index contributed by atoms with van der Waals surface area (Å²) in [6.07, 6.45) is 3.77. The van der Waals surface area contributed by atoms with Crippen LogP contribution in [0.1, 0.15) is 48.8 Å². The zero-order chi connectivity index (χ0) is 16.6. The molecule has 1 aliphatic heterocycles. The van der Waals surface area contributed by atoms with E-state index >= 15 is 0 Å². The van der Waals surface area contributed by atoms with E-state index in [2.05, 4.69) is 29.2 Å². The lowest BCUT2D eigenvalue weighted by molar-refractivity contribution is 0.0705. The molecule has 23 heavy (non-hydrogen) atoms. The van der Waals surface area contributed by atoms with Crippen LogP contribution in [-0.4, -0.2) is 51.8 Å². The standard InChI is InChI=1S/C17H25N5O/c1-11(2)22-16-15(10-19-22)14(9-12(3)20-16)17(23)21(4)13-5-7-18-8-6-13/h9-11,13,18H,5-8H2,1-4H3. The van der Waals surface area contributed by atoms with E-state index in [1.165, 1.54) is 0 Å². The number of hydrogen-bond acceptors (Lipinski definition) is 4. The quantitative estimate of drug-likeness (QED) is 0.942. The molecule has 6 nitrogen and oxygen atoms in total. The zero-order valence-corrected chi connectivity index (χ0v) is 14.3. The summed E-state index contributed by atoms with van der Waals surface area (Å²) in [5, 5.41) is 8.61. The van der Waals surface area contributed by atoms with Gasteiger partial charge in [0.2, 0.25) is 0 Å². The number of hydrogen-bond donors (Lipinski definition) is 1. The summed E-state index contributed by atoms with van der Waals surface area (Å²) in [5.41, 5.74) is 2.35. The first-order valence-electron chi connectivity index (χ1n) is 8.31. The maximum absolute atomic E-state index is 13.0. The summed E-state index contributed by atoms with van der Waals surface area (Å²) in [7, 11) is 1.91. The maximum atomic E-state index is 13.0. The van der Waals surface area contributed by atoms with E-state index in [9.17, 15) is 4.79 Å². The van der Waals surface area contributed by atoms with Gasteiger partial charge in [0, 0.05) is 24.8 Å². The van der Waals surface area contributed by atoms with Crippen LogP contribution in [0, 0.1) is 6.92 Å². The number of rotatable bonds is 3. The molecule has 0 unspecified atom stereocenters. The van der Waals surface area contributed by atoms with Gasteiger partial charge in [0.15, 0.2) is 5.65 Å². The van der Waals surface area contributed by atoms with Crippen molar-refractivity contribution in [3.05, 3.63) is 23.5 Å². The molecule has 0 atom stereocenters. The fourth-order valence-electron chi connectivity index (χ4n) is 3.25. The summed E-state index contributed by atoms with van der Waals surface area (Å²) in [6, 6.07) is 2.40. The number of pyridine rings is 1. The van der Waals surface area contributed by atoms with Crippen LogP contribution in [0.3, 0.4) is 0 Å². The molecule has 0 saturated carbocycles. The predicted molar refractivity (Wildman–Crippen MR) is 90.6 cm³/mol. The van der Waals surface area contributed by atoms with Crippen LogP contribution >= 0.6 is 0 Å². The number of fused-ring (bicyclic) bond motifs is 1. The van der Waals surface area contributed by atoms with Crippen LogP contribution in [-0.2, 0) is 0 Å². The highest BCUT2D eigenvalue weighted by Crippen LogP contribution is 2.23. The van der Waals surface area contributed by atoms with Gasteiger partial charge in [-0.15, -0.1) is 0 Å². The maximum Gasteiger partial charge on any atom is 0.254 e. The van der Waals surface area contributed by atoms with Crippen molar-refractivity contribution in [1.29, 1.82) is 0 Å². The normalized spacial score (nSPS) is 16.2. The average molecular weight is 315 g/mol. The van der Waals surface area contributed by atoms with Crippen LogP contribution in [0.2, 0.25) is 0 Å². The second-order valence-electron chi connectivity index (χ2n) is 6.63. The third-order valence-corrected chi connectivity index (χ3v) is 4.59. The van der Waals surface area contributed by atoms with Crippen LogP contribution in [0.25, 0.3) is 11.0 Å². The monoisotopic (exact) mass is 315 g/mol. The summed E-state index contributed by atoms with van der Waals surface area (Å²) in [4.78, 5) is 19.5. The molecule has 0 spiro atoms. The molecular weight excluding hydrogens is 290 g/mol.